The SMILES string of the molecule is CC1CN(C(=O)CCC2CCCC2)CC(C)N1.Cl. The molecular formula is C14H27ClN2O. The fourth-order valence-corrected chi connectivity index (χ4v) is 3.32. The summed E-state index contributed by atoms with van der Waals surface area (Å²) in [5.41, 5.74) is 0. The van der Waals surface area contributed by atoms with Crippen molar-refractivity contribution in [2.24, 2.45) is 5.92 Å². The van der Waals surface area contributed by atoms with Crippen LogP contribution in [0.1, 0.15) is 52.4 Å². The molecule has 1 saturated carbocycles. The van der Waals surface area contributed by atoms with Gasteiger partial charge in [0.2, 0.25) is 5.91 Å². The van der Waals surface area contributed by atoms with Gasteiger partial charge in [0, 0.05) is 31.6 Å². The number of halogens is 1. The summed E-state index contributed by atoms with van der Waals surface area (Å²) in [5, 5.41) is 3.47. The van der Waals surface area contributed by atoms with Crippen molar-refractivity contribution in [3.63, 3.8) is 0 Å². The van der Waals surface area contributed by atoms with E-state index < -0.39 is 0 Å². The molecule has 106 valence electrons. The fraction of sp³-hybridized carbons (Fsp3) is 0.929. The van der Waals surface area contributed by atoms with E-state index in [1.54, 1.807) is 0 Å². The summed E-state index contributed by atoms with van der Waals surface area (Å²) >= 11 is 0. The lowest BCUT2D eigenvalue weighted by molar-refractivity contribution is -0.133. The van der Waals surface area contributed by atoms with Gasteiger partial charge < -0.3 is 10.2 Å². The molecule has 2 fully saturated rings. The molecule has 1 saturated heterocycles. The van der Waals surface area contributed by atoms with Crippen LogP contribution in [0.3, 0.4) is 0 Å². The zero-order chi connectivity index (χ0) is 12.3. The molecule has 2 rings (SSSR count). The maximum atomic E-state index is 12.1. The monoisotopic (exact) mass is 274 g/mol. The smallest absolute Gasteiger partial charge is 0.222 e. The van der Waals surface area contributed by atoms with Crippen molar-refractivity contribution in [2.45, 2.75) is 64.5 Å². The molecule has 18 heavy (non-hydrogen) atoms. The number of hydrogen-bond acceptors (Lipinski definition) is 2. The molecule has 0 aromatic rings. The number of hydrogen-bond donors (Lipinski definition) is 1. The Balaban J connectivity index is 0.00000162. The van der Waals surface area contributed by atoms with Gasteiger partial charge in [0.1, 0.15) is 0 Å². The quantitative estimate of drug-likeness (QED) is 0.858. The van der Waals surface area contributed by atoms with Gasteiger partial charge in [-0.25, -0.2) is 0 Å². The van der Waals surface area contributed by atoms with E-state index in [-0.39, 0.29) is 12.4 Å². The number of piperazine rings is 1. The van der Waals surface area contributed by atoms with Crippen molar-refractivity contribution in [1.82, 2.24) is 10.2 Å². The highest BCUT2D eigenvalue weighted by Crippen LogP contribution is 2.28. The second-order valence-electron chi connectivity index (χ2n) is 5.96. The summed E-state index contributed by atoms with van der Waals surface area (Å²) < 4.78 is 0. The number of carbonyl (C=O) groups excluding carboxylic acids is 1. The minimum absolute atomic E-state index is 0. The average Bonchev–Trinajstić information content (AvgIpc) is 2.77. The molecule has 0 aromatic heterocycles. The molecular weight excluding hydrogens is 248 g/mol. The second kappa shape index (κ2) is 7.34. The van der Waals surface area contributed by atoms with Gasteiger partial charge in [0.05, 0.1) is 0 Å². The first-order chi connectivity index (χ1) is 8.15. The standard InChI is InChI=1S/C14H26N2O.ClH/c1-11-9-16(10-12(2)15-11)14(17)8-7-13-5-3-4-6-13;/h11-13,15H,3-10H2,1-2H3;1H. The highest BCUT2D eigenvalue weighted by atomic mass is 35.5. The Labute approximate surface area is 117 Å². The summed E-state index contributed by atoms with van der Waals surface area (Å²) in [6.07, 6.45) is 7.33. The predicted molar refractivity (Wildman–Crippen MR) is 77.1 cm³/mol. The van der Waals surface area contributed by atoms with E-state index >= 15 is 0 Å². The van der Waals surface area contributed by atoms with Crippen molar-refractivity contribution < 1.29 is 4.79 Å². The van der Waals surface area contributed by atoms with Crippen molar-refractivity contribution >= 4 is 18.3 Å². The highest BCUT2D eigenvalue weighted by molar-refractivity contribution is 5.85. The van der Waals surface area contributed by atoms with Crippen LogP contribution in [0.15, 0.2) is 0 Å². The topological polar surface area (TPSA) is 32.3 Å². The van der Waals surface area contributed by atoms with Gasteiger partial charge in [-0.15, -0.1) is 12.4 Å². The first-order valence-corrected chi connectivity index (χ1v) is 7.19. The van der Waals surface area contributed by atoms with Gasteiger partial charge in [-0.05, 0) is 26.2 Å². The van der Waals surface area contributed by atoms with Gasteiger partial charge in [0.15, 0.2) is 0 Å². The minimum atomic E-state index is 0. The number of amides is 1. The molecule has 0 aromatic carbocycles. The van der Waals surface area contributed by atoms with Crippen molar-refractivity contribution in [1.29, 1.82) is 0 Å². The Morgan fingerprint density at radius 3 is 2.28 bits per heavy atom. The summed E-state index contributed by atoms with van der Waals surface area (Å²) in [5.74, 6) is 1.20. The first kappa shape index (κ1) is 15.8. The van der Waals surface area contributed by atoms with E-state index in [4.69, 9.17) is 0 Å². The molecule has 2 aliphatic rings. The third-order valence-corrected chi connectivity index (χ3v) is 4.15. The molecule has 0 bridgehead atoms. The first-order valence-electron chi connectivity index (χ1n) is 7.19. The summed E-state index contributed by atoms with van der Waals surface area (Å²) in [4.78, 5) is 14.2. The van der Waals surface area contributed by atoms with Gasteiger partial charge in [-0.1, -0.05) is 25.7 Å². The molecule has 1 heterocycles. The fourth-order valence-electron chi connectivity index (χ4n) is 3.32. The maximum absolute atomic E-state index is 12.1. The second-order valence-corrected chi connectivity index (χ2v) is 5.96. The van der Waals surface area contributed by atoms with Gasteiger partial charge in [0.25, 0.3) is 0 Å². The zero-order valence-corrected chi connectivity index (χ0v) is 12.5. The summed E-state index contributed by atoms with van der Waals surface area (Å²) in [7, 11) is 0. The van der Waals surface area contributed by atoms with E-state index in [2.05, 4.69) is 24.1 Å². The molecule has 1 aliphatic carbocycles. The molecule has 0 radical (unpaired) electrons. The van der Waals surface area contributed by atoms with Crippen LogP contribution < -0.4 is 5.32 Å². The Bertz CT molecular complexity index is 257. The van der Waals surface area contributed by atoms with Crippen LogP contribution in [-0.2, 0) is 4.79 Å². The molecule has 1 N–H and O–H groups in total. The normalized spacial score (nSPS) is 29.1. The average molecular weight is 275 g/mol. The van der Waals surface area contributed by atoms with Gasteiger partial charge >= 0.3 is 0 Å². The van der Waals surface area contributed by atoms with Gasteiger partial charge in [-0.2, -0.15) is 0 Å². The molecule has 4 heteroatoms. The van der Waals surface area contributed by atoms with E-state index in [1.807, 2.05) is 0 Å². The van der Waals surface area contributed by atoms with Crippen molar-refractivity contribution in [3.05, 3.63) is 0 Å². The molecule has 2 atom stereocenters. The van der Waals surface area contributed by atoms with Crippen LogP contribution in [-0.4, -0.2) is 36.0 Å². The van der Waals surface area contributed by atoms with Crippen LogP contribution in [0.5, 0.6) is 0 Å². The largest absolute Gasteiger partial charge is 0.340 e. The minimum Gasteiger partial charge on any atom is -0.340 e. The molecule has 0 spiro atoms. The van der Waals surface area contributed by atoms with E-state index in [0.29, 0.717) is 18.0 Å². The maximum Gasteiger partial charge on any atom is 0.222 e. The highest BCUT2D eigenvalue weighted by Gasteiger charge is 2.25. The molecule has 3 nitrogen and oxygen atoms in total. The number of rotatable bonds is 3. The third-order valence-electron chi connectivity index (χ3n) is 4.15. The third kappa shape index (κ3) is 4.43. The van der Waals surface area contributed by atoms with Crippen molar-refractivity contribution in [3.8, 4) is 0 Å². The van der Waals surface area contributed by atoms with Crippen molar-refractivity contribution in [2.75, 3.05) is 13.1 Å². The Kier molecular flexibility index (Phi) is 6.44. The van der Waals surface area contributed by atoms with Crippen LogP contribution in [0.2, 0.25) is 0 Å². The number of carbonyl (C=O) groups is 1. The van der Waals surface area contributed by atoms with E-state index in [9.17, 15) is 4.79 Å². The van der Waals surface area contributed by atoms with E-state index in [0.717, 1.165) is 31.8 Å². The van der Waals surface area contributed by atoms with E-state index in [1.165, 1.54) is 25.7 Å². The van der Waals surface area contributed by atoms with Crippen LogP contribution in [0, 0.1) is 5.92 Å². The Hall–Kier alpha value is -0.280. The summed E-state index contributed by atoms with van der Waals surface area (Å²) in [6, 6.07) is 0.878. The number of nitrogens with zero attached hydrogens (tertiary/aromatic N) is 1. The lowest BCUT2D eigenvalue weighted by Gasteiger charge is -2.36. The van der Waals surface area contributed by atoms with Crippen LogP contribution in [0.4, 0.5) is 0 Å². The predicted octanol–water partition coefficient (Wildman–Crippen LogP) is 2.59. The zero-order valence-electron chi connectivity index (χ0n) is 11.7. The molecule has 1 aliphatic heterocycles. The molecule has 1 amide bonds. The Morgan fingerprint density at radius 2 is 1.72 bits per heavy atom. The van der Waals surface area contributed by atoms with Crippen LogP contribution >= 0.6 is 12.4 Å². The lowest BCUT2D eigenvalue weighted by atomic mass is 10.0. The van der Waals surface area contributed by atoms with Crippen LogP contribution in [0.25, 0.3) is 0 Å². The molecule has 2 unspecified atom stereocenters. The van der Waals surface area contributed by atoms with Gasteiger partial charge in [-0.3, -0.25) is 4.79 Å². The Morgan fingerprint density at radius 1 is 1.17 bits per heavy atom. The number of nitrogens with one attached hydrogen (secondary N) is 1. The summed E-state index contributed by atoms with van der Waals surface area (Å²) in [6.45, 7) is 6.08. The lowest BCUT2D eigenvalue weighted by Crippen LogP contribution is -2.55.